The summed E-state index contributed by atoms with van der Waals surface area (Å²) in [6.07, 6.45) is 1.33. The maximum atomic E-state index is 13.3. The Labute approximate surface area is 217 Å². The Morgan fingerprint density at radius 3 is 2.29 bits per heavy atom. The van der Waals surface area contributed by atoms with Crippen LogP contribution in [-0.4, -0.2) is 57.6 Å². The molecule has 0 bridgehead atoms. The van der Waals surface area contributed by atoms with E-state index in [2.05, 4.69) is 5.32 Å². The summed E-state index contributed by atoms with van der Waals surface area (Å²) >= 11 is 12.6. The largest absolute Gasteiger partial charge is 0.495 e. The summed E-state index contributed by atoms with van der Waals surface area (Å²) in [5.41, 5.74) is 0.924. The zero-order valence-corrected chi connectivity index (χ0v) is 22.6. The van der Waals surface area contributed by atoms with Gasteiger partial charge >= 0.3 is 0 Å². The fraction of sp³-hybridized carbons (Fsp3) is 0.417. The molecule has 35 heavy (non-hydrogen) atoms. The molecule has 0 aliphatic carbocycles. The molecule has 1 unspecified atom stereocenters. The molecule has 2 amide bonds. The number of ether oxygens (including phenoxy) is 1. The number of methoxy groups -OCH3 is 1. The van der Waals surface area contributed by atoms with Crippen LogP contribution >= 0.6 is 23.2 Å². The Bertz CT molecular complexity index is 1120. The molecule has 2 aromatic carbocycles. The highest BCUT2D eigenvalue weighted by Crippen LogP contribution is 2.30. The first-order valence-electron chi connectivity index (χ1n) is 11.1. The number of rotatable bonds is 12. The molecule has 2 aromatic rings. The standard InChI is InChI=1S/C24H31Cl2N3O5S/c1-5-27-24(31)17(2)28(16-18-19(25)10-8-11-20(18)26)23(30)14-9-15-29(35(4,32)33)21-12-6-7-13-22(21)34-3/h6-8,10-13,17H,5,9,14-16H2,1-4H3,(H,27,31). The maximum absolute atomic E-state index is 13.3. The van der Waals surface area contributed by atoms with E-state index in [1.54, 1.807) is 56.3 Å². The summed E-state index contributed by atoms with van der Waals surface area (Å²) in [7, 11) is -2.17. The number of halogens is 2. The Hall–Kier alpha value is -2.49. The second-order valence-corrected chi connectivity index (χ2v) is 10.6. The molecule has 0 radical (unpaired) electrons. The number of carbonyl (C=O) groups is 2. The van der Waals surface area contributed by atoms with Crippen LogP contribution in [0.1, 0.15) is 32.3 Å². The first-order chi connectivity index (χ1) is 16.5. The second-order valence-electron chi connectivity index (χ2n) is 7.90. The predicted octanol–water partition coefficient (Wildman–Crippen LogP) is 4.10. The number of hydrogen-bond acceptors (Lipinski definition) is 5. The number of amides is 2. The smallest absolute Gasteiger partial charge is 0.242 e. The normalized spacial score (nSPS) is 12.1. The van der Waals surface area contributed by atoms with Crippen LogP contribution < -0.4 is 14.4 Å². The van der Waals surface area contributed by atoms with Gasteiger partial charge in [-0.05, 0) is 44.5 Å². The van der Waals surface area contributed by atoms with Crippen molar-refractivity contribution in [2.75, 3.05) is 30.8 Å². The van der Waals surface area contributed by atoms with Crippen molar-refractivity contribution in [2.45, 2.75) is 39.3 Å². The first-order valence-corrected chi connectivity index (χ1v) is 13.7. The van der Waals surface area contributed by atoms with Gasteiger partial charge in [-0.1, -0.05) is 41.4 Å². The molecule has 0 saturated heterocycles. The van der Waals surface area contributed by atoms with Gasteiger partial charge < -0.3 is 15.0 Å². The van der Waals surface area contributed by atoms with E-state index < -0.39 is 16.1 Å². The zero-order chi connectivity index (χ0) is 26.2. The number of nitrogens with zero attached hydrogens (tertiary/aromatic N) is 2. The quantitative estimate of drug-likeness (QED) is 0.434. The average Bonchev–Trinajstić information content (AvgIpc) is 2.80. The van der Waals surface area contributed by atoms with Gasteiger partial charge in [-0.25, -0.2) is 8.42 Å². The minimum atomic E-state index is -3.64. The van der Waals surface area contributed by atoms with Crippen molar-refractivity contribution >= 4 is 50.7 Å². The lowest BCUT2D eigenvalue weighted by molar-refractivity contribution is -0.140. The third kappa shape index (κ3) is 7.75. The summed E-state index contributed by atoms with van der Waals surface area (Å²) in [6.45, 7) is 3.93. The van der Waals surface area contributed by atoms with Gasteiger partial charge in [0.2, 0.25) is 21.8 Å². The molecule has 0 fully saturated rings. The molecular weight excluding hydrogens is 513 g/mol. The van der Waals surface area contributed by atoms with Crippen LogP contribution in [0.5, 0.6) is 5.75 Å². The SMILES string of the molecule is CCNC(=O)C(C)N(Cc1c(Cl)cccc1Cl)C(=O)CCCN(c1ccccc1OC)S(C)(=O)=O. The second kappa shape index (κ2) is 13.0. The number of carbonyl (C=O) groups excluding carboxylic acids is 2. The van der Waals surface area contributed by atoms with Gasteiger partial charge in [0.15, 0.2) is 0 Å². The van der Waals surface area contributed by atoms with Crippen molar-refractivity contribution in [3.05, 3.63) is 58.1 Å². The highest BCUT2D eigenvalue weighted by molar-refractivity contribution is 7.92. The summed E-state index contributed by atoms with van der Waals surface area (Å²) in [5.74, 6) is -0.229. The molecular formula is C24H31Cl2N3O5S. The van der Waals surface area contributed by atoms with Crippen LogP contribution in [0.3, 0.4) is 0 Å². The maximum Gasteiger partial charge on any atom is 0.242 e. The van der Waals surface area contributed by atoms with E-state index in [-0.39, 0.29) is 37.7 Å². The van der Waals surface area contributed by atoms with Crippen molar-refractivity contribution in [1.29, 1.82) is 0 Å². The van der Waals surface area contributed by atoms with E-state index in [4.69, 9.17) is 27.9 Å². The van der Waals surface area contributed by atoms with Crippen molar-refractivity contribution in [1.82, 2.24) is 10.2 Å². The Morgan fingerprint density at radius 2 is 1.71 bits per heavy atom. The van der Waals surface area contributed by atoms with E-state index in [9.17, 15) is 18.0 Å². The van der Waals surface area contributed by atoms with Crippen molar-refractivity contribution in [3.8, 4) is 5.75 Å². The summed E-state index contributed by atoms with van der Waals surface area (Å²) in [5, 5.41) is 3.50. The topological polar surface area (TPSA) is 96.0 Å². The monoisotopic (exact) mass is 543 g/mol. The molecule has 0 heterocycles. The molecule has 0 aromatic heterocycles. The Balaban J connectivity index is 2.24. The van der Waals surface area contributed by atoms with Crippen LogP contribution in [0.2, 0.25) is 10.0 Å². The third-order valence-corrected chi connectivity index (χ3v) is 7.30. The van der Waals surface area contributed by atoms with Crippen molar-refractivity contribution < 1.29 is 22.7 Å². The Morgan fingerprint density at radius 1 is 1.09 bits per heavy atom. The van der Waals surface area contributed by atoms with Crippen LogP contribution in [0.25, 0.3) is 0 Å². The third-order valence-electron chi connectivity index (χ3n) is 5.41. The number of hydrogen-bond donors (Lipinski definition) is 1. The molecule has 8 nitrogen and oxygen atoms in total. The summed E-state index contributed by atoms with van der Waals surface area (Å²) < 4.78 is 31.5. The predicted molar refractivity (Wildman–Crippen MR) is 140 cm³/mol. The minimum Gasteiger partial charge on any atom is -0.495 e. The highest BCUT2D eigenvalue weighted by atomic mass is 35.5. The van der Waals surface area contributed by atoms with Crippen molar-refractivity contribution in [3.63, 3.8) is 0 Å². The van der Waals surface area contributed by atoms with Crippen LogP contribution in [0.15, 0.2) is 42.5 Å². The van der Waals surface area contributed by atoms with Crippen LogP contribution in [0.4, 0.5) is 5.69 Å². The summed E-state index contributed by atoms with van der Waals surface area (Å²) in [4.78, 5) is 27.2. The fourth-order valence-corrected chi connectivity index (χ4v) is 5.06. The molecule has 192 valence electrons. The van der Waals surface area contributed by atoms with E-state index in [1.807, 2.05) is 0 Å². The molecule has 0 saturated carbocycles. The van der Waals surface area contributed by atoms with Gasteiger partial charge in [0.25, 0.3) is 0 Å². The molecule has 0 spiro atoms. The van der Waals surface area contributed by atoms with Gasteiger partial charge in [-0.3, -0.25) is 13.9 Å². The van der Waals surface area contributed by atoms with E-state index in [0.717, 1.165) is 6.26 Å². The lowest BCUT2D eigenvalue weighted by atomic mass is 10.1. The fourth-order valence-electron chi connectivity index (χ4n) is 3.58. The summed E-state index contributed by atoms with van der Waals surface area (Å²) in [6, 6.07) is 11.0. The van der Waals surface area contributed by atoms with Gasteiger partial charge in [-0.15, -0.1) is 0 Å². The van der Waals surface area contributed by atoms with Gasteiger partial charge in [0.05, 0.1) is 19.1 Å². The number of para-hydroxylation sites is 2. The van der Waals surface area contributed by atoms with Gasteiger partial charge in [0, 0.05) is 41.7 Å². The number of sulfonamides is 1. The Kier molecular flexibility index (Phi) is 10.7. The van der Waals surface area contributed by atoms with Gasteiger partial charge in [0.1, 0.15) is 11.8 Å². The average molecular weight is 545 g/mol. The number of anilines is 1. The first kappa shape index (κ1) is 28.7. The van der Waals surface area contributed by atoms with E-state index in [1.165, 1.54) is 16.3 Å². The molecule has 1 atom stereocenters. The minimum absolute atomic E-state index is 0.00693. The molecule has 1 N–H and O–H groups in total. The molecule has 0 aliphatic heterocycles. The van der Waals surface area contributed by atoms with E-state index >= 15 is 0 Å². The molecule has 2 rings (SSSR count). The lowest BCUT2D eigenvalue weighted by Gasteiger charge is -2.30. The van der Waals surface area contributed by atoms with E-state index in [0.29, 0.717) is 33.6 Å². The molecule has 11 heteroatoms. The number of benzene rings is 2. The zero-order valence-electron chi connectivity index (χ0n) is 20.3. The van der Waals surface area contributed by atoms with Gasteiger partial charge in [-0.2, -0.15) is 0 Å². The number of likely N-dealkylation sites (N-methyl/N-ethyl adjacent to an activating group) is 1. The van der Waals surface area contributed by atoms with Crippen LogP contribution in [-0.2, 0) is 26.2 Å². The highest BCUT2D eigenvalue weighted by Gasteiger charge is 2.28. The molecule has 0 aliphatic rings. The number of nitrogens with one attached hydrogen (secondary N) is 1. The van der Waals surface area contributed by atoms with Crippen LogP contribution in [0, 0.1) is 0 Å². The van der Waals surface area contributed by atoms with Crippen molar-refractivity contribution in [2.24, 2.45) is 0 Å². The lowest BCUT2D eigenvalue weighted by Crippen LogP contribution is -2.47.